The first-order valence-corrected chi connectivity index (χ1v) is 19.1. The van der Waals surface area contributed by atoms with Crippen molar-refractivity contribution in [2.24, 2.45) is 17.0 Å². The van der Waals surface area contributed by atoms with Gasteiger partial charge in [-0.05, 0) is 59.2 Å². The molecular weight excluding hydrogens is 685 g/mol. The first-order chi connectivity index (χ1) is 24.9. The number of methoxy groups -OCH3 is 1. The molecule has 4 atom stereocenters. The highest BCUT2D eigenvalue weighted by atomic mass is 32.2. The van der Waals surface area contributed by atoms with E-state index < -0.39 is 34.1 Å². The summed E-state index contributed by atoms with van der Waals surface area (Å²) in [4.78, 5) is 35.9. The number of ether oxygens (including phenoxy) is 1. The predicted octanol–water partition coefficient (Wildman–Crippen LogP) is 4.12. The molecule has 1 aliphatic heterocycles. The summed E-state index contributed by atoms with van der Waals surface area (Å²) >= 11 is 0. The van der Waals surface area contributed by atoms with E-state index in [1.54, 1.807) is 23.1 Å². The molecule has 1 aromatic heterocycles. The number of sulfonamides is 1. The van der Waals surface area contributed by atoms with Crippen LogP contribution in [0.3, 0.4) is 0 Å². The van der Waals surface area contributed by atoms with Gasteiger partial charge >= 0.3 is 6.03 Å². The molecule has 1 aliphatic rings. The van der Waals surface area contributed by atoms with Crippen molar-refractivity contribution in [3.63, 3.8) is 0 Å². The van der Waals surface area contributed by atoms with Crippen molar-refractivity contribution < 1.29 is 33.1 Å². The number of nitrogens with one attached hydrogen (secondary N) is 1. The van der Waals surface area contributed by atoms with Crippen LogP contribution in [0.25, 0.3) is 0 Å². The molecule has 2 heterocycles. The van der Waals surface area contributed by atoms with Crippen molar-refractivity contribution in [1.29, 1.82) is 0 Å². The molecule has 0 unspecified atom stereocenters. The summed E-state index contributed by atoms with van der Waals surface area (Å²) < 4.78 is 34.3. The van der Waals surface area contributed by atoms with Gasteiger partial charge in [0.2, 0.25) is 15.9 Å². The van der Waals surface area contributed by atoms with Gasteiger partial charge in [0.25, 0.3) is 0 Å². The molecule has 3 N–H and O–H groups in total. The normalized spacial score (nSPS) is 16.1. The maximum Gasteiger partial charge on any atom is 0.321 e. The zero-order valence-electron chi connectivity index (χ0n) is 30.6. The van der Waals surface area contributed by atoms with Gasteiger partial charge in [-0.25, -0.2) is 13.2 Å². The van der Waals surface area contributed by atoms with Crippen LogP contribution in [0.4, 0.5) is 4.79 Å². The number of benzene rings is 2. The monoisotopic (exact) mass is 736 g/mol. The molecule has 13 nitrogen and oxygen atoms in total. The van der Waals surface area contributed by atoms with Crippen molar-refractivity contribution >= 4 is 28.2 Å². The number of hydrogen-bond donors (Lipinski definition) is 3. The smallest absolute Gasteiger partial charge is 0.321 e. The number of urea groups is 1. The average molecular weight is 737 g/mol. The quantitative estimate of drug-likeness (QED) is 0.0940. The molecule has 282 valence electrons. The van der Waals surface area contributed by atoms with Gasteiger partial charge in [0.15, 0.2) is 0 Å². The van der Waals surface area contributed by atoms with Crippen molar-refractivity contribution in [3.05, 3.63) is 95.3 Å². The zero-order chi connectivity index (χ0) is 37.8. The van der Waals surface area contributed by atoms with Crippen molar-refractivity contribution in [2.45, 2.75) is 76.8 Å². The summed E-state index contributed by atoms with van der Waals surface area (Å²) in [7, 11) is -2.45. The van der Waals surface area contributed by atoms with Crippen LogP contribution in [0.5, 0.6) is 0 Å². The molecule has 52 heavy (non-hydrogen) atoms. The van der Waals surface area contributed by atoms with Crippen LogP contribution in [0, 0.1) is 11.8 Å². The number of aliphatic hydroxyl groups is 1. The van der Waals surface area contributed by atoms with Crippen LogP contribution in [0.15, 0.2) is 83.0 Å². The van der Waals surface area contributed by atoms with Crippen LogP contribution >= 0.6 is 0 Å². The number of hydrogen-bond acceptors (Lipinski definition) is 9. The average Bonchev–Trinajstić information content (AvgIpc) is 3.47. The second kappa shape index (κ2) is 18.9. The Morgan fingerprint density at radius 1 is 1.06 bits per heavy atom. The maximum atomic E-state index is 14.3. The number of aromatic nitrogens is 1. The van der Waals surface area contributed by atoms with Crippen molar-refractivity contribution in [2.75, 3.05) is 33.3 Å². The van der Waals surface area contributed by atoms with E-state index in [-0.39, 0.29) is 48.8 Å². The second-order valence-corrected chi connectivity index (χ2v) is 15.7. The molecule has 14 heteroatoms. The Hall–Kier alpha value is -4.37. The largest absolute Gasteiger partial charge is 0.411 e. The lowest BCUT2D eigenvalue weighted by molar-refractivity contribution is -0.128. The van der Waals surface area contributed by atoms with Gasteiger partial charge in [-0.3, -0.25) is 9.78 Å². The number of carbonyl (C=O) groups excluding carboxylic acids is 2. The molecule has 4 rings (SSSR count). The van der Waals surface area contributed by atoms with E-state index in [4.69, 9.17) is 9.94 Å². The fourth-order valence-corrected chi connectivity index (χ4v) is 8.00. The molecule has 0 radical (unpaired) electrons. The highest BCUT2D eigenvalue weighted by Gasteiger charge is 2.41. The predicted molar refractivity (Wildman–Crippen MR) is 198 cm³/mol. The van der Waals surface area contributed by atoms with Crippen LogP contribution in [0.2, 0.25) is 0 Å². The SMILES string of the molecule is CC[C@H](C)[C@@H](C(=O)N[C@@H](Cc1ccccc1)[C@H](O)CN(CC(C)C)S(=O)(=O)c1ccc(/C=N/O)cc1)N1CCN(Cc2cc(COC)ccn2)C1=O. The lowest BCUT2D eigenvalue weighted by atomic mass is 9.95. The Bertz CT molecular complexity index is 1740. The van der Waals surface area contributed by atoms with Gasteiger partial charge < -0.3 is 30.2 Å². The van der Waals surface area contributed by atoms with Crippen LogP contribution < -0.4 is 5.32 Å². The van der Waals surface area contributed by atoms with Gasteiger partial charge in [-0.2, -0.15) is 4.31 Å². The lowest BCUT2D eigenvalue weighted by Crippen LogP contribution is -2.57. The molecule has 1 saturated heterocycles. The molecule has 3 amide bonds. The Morgan fingerprint density at radius 2 is 1.77 bits per heavy atom. The number of rotatable bonds is 19. The molecule has 2 aromatic carbocycles. The number of amides is 3. The van der Waals surface area contributed by atoms with E-state index in [1.165, 1.54) is 34.8 Å². The fraction of sp³-hybridized carbons (Fsp3) is 0.474. The van der Waals surface area contributed by atoms with Crippen molar-refractivity contribution in [1.82, 2.24) is 24.4 Å². The number of carbonyl (C=O) groups is 2. The maximum absolute atomic E-state index is 14.3. The van der Waals surface area contributed by atoms with E-state index in [0.717, 1.165) is 16.8 Å². The van der Waals surface area contributed by atoms with E-state index in [9.17, 15) is 23.1 Å². The minimum absolute atomic E-state index is 0.0219. The second-order valence-electron chi connectivity index (χ2n) is 13.7. The molecule has 0 bridgehead atoms. The van der Waals surface area contributed by atoms with Crippen LogP contribution in [0.1, 0.15) is 56.5 Å². The van der Waals surface area contributed by atoms with Crippen LogP contribution in [-0.4, -0.2) is 107 Å². The molecule has 0 aliphatic carbocycles. The van der Waals surface area contributed by atoms with E-state index >= 15 is 0 Å². The minimum atomic E-state index is -4.07. The van der Waals surface area contributed by atoms with Gasteiger partial charge in [0, 0.05) is 39.5 Å². The fourth-order valence-electron chi connectivity index (χ4n) is 6.38. The summed E-state index contributed by atoms with van der Waals surface area (Å²) in [6.45, 7) is 8.98. The number of nitrogens with zero attached hydrogens (tertiary/aromatic N) is 5. The third-order valence-corrected chi connectivity index (χ3v) is 11.1. The number of pyridine rings is 1. The van der Waals surface area contributed by atoms with Gasteiger partial charge in [-0.15, -0.1) is 0 Å². The molecular formula is C38H52N6O7S. The Morgan fingerprint density at radius 3 is 2.40 bits per heavy atom. The van der Waals surface area contributed by atoms with Gasteiger partial charge in [-0.1, -0.05) is 81.7 Å². The van der Waals surface area contributed by atoms with E-state index in [2.05, 4.69) is 15.5 Å². The summed E-state index contributed by atoms with van der Waals surface area (Å²) in [5, 5.41) is 26.7. The summed E-state index contributed by atoms with van der Waals surface area (Å²) in [6, 6.07) is 17.1. The number of aliphatic hydroxyl groups excluding tert-OH is 1. The third kappa shape index (κ3) is 10.6. The number of oxime groups is 1. The first-order valence-electron chi connectivity index (χ1n) is 17.7. The van der Waals surface area contributed by atoms with Crippen LogP contribution in [-0.2, 0) is 39.1 Å². The van der Waals surface area contributed by atoms with Gasteiger partial charge in [0.05, 0.1) is 42.1 Å². The molecule has 0 spiro atoms. The van der Waals surface area contributed by atoms with E-state index in [1.807, 2.05) is 70.2 Å². The Kier molecular flexibility index (Phi) is 14.7. The highest BCUT2D eigenvalue weighted by Crippen LogP contribution is 2.24. The highest BCUT2D eigenvalue weighted by molar-refractivity contribution is 7.89. The summed E-state index contributed by atoms with van der Waals surface area (Å²) in [6.07, 6.45) is 2.44. The van der Waals surface area contributed by atoms with Gasteiger partial charge in [0.1, 0.15) is 6.04 Å². The van der Waals surface area contributed by atoms with Crippen molar-refractivity contribution in [3.8, 4) is 0 Å². The molecule has 1 fully saturated rings. The summed E-state index contributed by atoms with van der Waals surface area (Å²) in [5.74, 6) is -0.691. The first kappa shape index (κ1) is 40.4. The zero-order valence-corrected chi connectivity index (χ0v) is 31.4. The molecule has 0 saturated carbocycles. The molecule has 3 aromatic rings. The summed E-state index contributed by atoms with van der Waals surface area (Å²) in [5.41, 5.74) is 3.03. The standard InChI is InChI=1S/C38H52N6O7S/c1-6-28(4)36(44-19-18-42(38(44)47)24-32-20-31(26-51-5)16-17-39-32)37(46)41-34(21-29-10-8-7-9-11-29)35(45)25-43(23-27(2)3)52(49,50)33-14-12-30(13-15-33)22-40-48/h7-17,20,22,27-28,34-36,45,48H,6,18-19,21,23-26H2,1-5H3,(H,41,46)/b40-22+/t28-,34-,35+,36-/m0/s1. The Labute approximate surface area is 307 Å². The minimum Gasteiger partial charge on any atom is -0.411 e. The topological polar surface area (TPSA) is 165 Å². The van der Waals surface area contributed by atoms with E-state index in [0.29, 0.717) is 31.7 Å². The Balaban J connectivity index is 1.58. The third-order valence-electron chi connectivity index (χ3n) is 9.23. The lowest BCUT2D eigenvalue weighted by Gasteiger charge is -2.35.